The van der Waals surface area contributed by atoms with Crippen LogP contribution in [0.15, 0.2) is 12.1 Å². The van der Waals surface area contributed by atoms with Crippen LogP contribution >= 0.6 is 23.2 Å². The molecular weight excluding hydrogens is 341 g/mol. The highest BCUT2D eigenvalue weighted by atomic mass is 35.5. The van der Waals surface area contributed by atoms with Crippen molar-refractivity contribution >= 4 is 23.2 Å². The molecule has 0 radical (unpaired) electrons. The predicted molar refractivity (Wildman–Crippen MR) is 100.0 cm³/mol. The van der Waals surface area contributed by atoms with Gasteiger partial charge in [-0.2, -0.15) is 0 Å². The van der Waals surface area contributed by atoms with Gasteiger partial charge >= 0.3 is 0 Å². The summed E-state index contributed by atoms with van der Waals surface area (Å²) < 4.78 is 5.25. The highest BCUT2D eigenvalue weighted by molar-refractivity contribution is 6.37. The third-order valence-electron chi connectivity index (χ3n) is 6.56. The van der Waals surface area contributed by atoms with E-state index in [9.17, 15) is 0 Å². The second-order valence-electron chi connectivity index (χ2n) is 9.36. The van der Waals surface area contributed by atoms with Crippen molar-refractivity contribution in [2.75, 3.05) is 7.11 Å². The van der Waals surface area contributed by atoms with Crippen molar-refractivity contribution in [2.24, 2.45) is 16.7 Å². The molecule has 4 saturated carbocycles. The highest BCUT2D eigenvalue weighted by Gasteiger charge is 2.59. The molecule has 0 aliphatic heterocycles. The van der Waals surface area contributed by atoms with Gasteiger partial charge in [-0.1, -0.05) is 37.0 Å². The van der Waals surface area contributed by atoms with Crippen LogP contribution in [-0.4, -0.2) is 12.6 Å². The second kappa shape index (κ2) is 5.53. The zero-order chi connectivity index (χ0) is 17.2. The Labute approximate surface area is 155 Å². The van der Waals surface area contributed by atoms with Gasteiger partial charge in [0, 0.05) is 12.1 Å². The lowest BCUT2D eigenvalue weighted by atomic mass is 9.43. The lowest BCUT2D eigenvalue weighted by molar-refractivity contribution is -0.118. The Balaban J connectivity index is 1.54. The molecule has 1 N–H and O–H groups in total. The molecule has 5 rings (SSSR count). The fourth-order valence-electron chi connectivity index (χ4n) is 6.84. The van der Waals surface area contributed by atoms with Gasteiger partial charge in [-0.05, 0) is 73.0 Å². The van der Waals surface area contributed by atoms with Crippen LogP contribution in [0, 0.1) is 16.7 Å². The van der Waals surface area contributed by atoms with E-state index in [1.54, 1.807) is 7.11 Å². The van der Waals surface area contributed by atoms with E-state index in [-0.39, 0.29) is 0 Å². The zero-order valence-electron chi connectivity index (χ0n) is 14.8. The second-order valence-corrected chi connectivity index (χ2v) is 10.2. The Morgan fingerprint density at radius 1 is 1.04 bits per heavy atom. The fourth-order valence-corrected chi connectivity index (χ4v) is 7.53. The Morgan fingerprint density at radius 2 is 1.62 bits per heavy atom. The molecule has 2 unspecified atom stereocenters. The van der Waals surface area contributed by atoms with Gasteiger partial charge < -0.3 is 10.1 Å². The number of hydrogen-bond acceptors (Lipinski definition) is 2. The summed E-state index contributed by atoms with van der Waals surface area (Å²) in [5.74, 6) is 1.46. The number of hydrogen-bond donors (Lipinski definition) is 1. The standard InChI is InChI=1S/C20H27Cl2NO/c1-18-6-14-7-19(2,10-18)12-20(8-14,11-18)23-9-13-4-15(21)17(24-3)16(22)5-13/h4-5,14,23H,6-12H2,1-3H3. The van der Waals surface area contributed by atoms with E-state index in [1.165, 1.54) is 38.5 Å². The van der Waals surface area contributed by atoms with Crippen LogP contribution in [0.1, 0.15) is 57.9 Å². The van der Waals surface area contributed by atoms with E-state index in [4.69, 9.17) is 27.9 Å². The quantitative estimate of drug-likeness (QED) is 0.721. The molecule has 2 nitrogen and oxygen atoms in total. The zero-order valence-corrected chi connectivity index (χ0v) is 16.4. The van der Waals surface area contributed by atoms with Gasteiger partial charge in [-0.25, -0.2) is 0 Å². The van der Waals surface area contributed by atoms with Gasteiger partial charge in [0.1, 0.15) is 0 Å². The summed E-state index contributed by atoms with van der Waals surface area (Å²) in [5, 5.41) is 5.11. The van der Waals surface area contributed by atoms with Crippen LogP contribution in [0.4, 0.5) is 0 Å². The average molecular weight is 368 g/mol. The number of benzene rings is 1. The molecule has 4 aliphatic carbocycles. The number of rotatable bonds is 4. The molecule has 2 atom stereocenters. The molecule has 24 heavy (non-hydrogen) atoms. The maximum absolute atomic E-state index is 6.30. The van der Waals surface area contributed by atoms with Crippen molar-refractivity contribution in [3.63, 3.8) is 0 Å². The first-order chi connectivity index (χ1) is 11.2. The van der Waals surface area contributed by atoms with Crippen LogP contribution in [0.2, 0.25) is 10.0 Å². The normalized spacial score (nSPS) is 40.1. The molecule has 4 aliphatic rings. The van der Waals surface area contributed by atoms with Gasteiger partial charge in [-0.15, -0.1) is 0 Å². The number of methoxy groups -OCH3 is 1. The molecular formula is C20H27Cl2NO. The summed E-state index contributed by atoms with van der Waals surface area (Å²) >= 11 is 12.6. The summed E-state index contributed by atoms with van der Waals surface area (Å²) in [6, 6.07) is 3.95. The van der Waals surface area contributed by atoms with Gasteiger partial charge in [0.25, 0.3) is 0 Å². The topological polar surface area (TPSA) is 21.3 Å². The molecule has 4 bridgehead atoms. The largest absolute Gasteiger partial charge is 0.494 e. The van der Waals surface area contributed by atoms with Gasteiger partial charge in [0.15, 0.2) is 5.75 Å². The van der Waals surface area contributed by atoms with E-state index in [2.05, 4.69) is 19.2 Å². The number of ether oxygens (including phenoxy) is 1. The smallest absolute Gasteiger partial charge is 0.156 e. The Kier molecular flexibility index (Phi) is 3.91. The molecule has 1 aromatic carbocycles. The van der Waals surface area contributed by atoms with Crippen LogP contribution in [-0.2, 0) is 6.54 Å². The van der Waals surface area contributed by atoms with Crippen LogP contribution in [0.3, 0.4) is 0 Å². The minimum absolute atomic E-state index is 0.293. The molecule has 0 saturated heterocycles. The van der Waals surface area contributed by atoms with E-state index >= 15 is 0 Å². The van der Waals surface area contributed by atoms with E-state index in [1.807, 2.05) is 12.1 Å². The summed E-state index contributed by atoms with van der Waals surface area (Å²) in [5.41, 5.74) is 2.48. The Hall–Kier alpha value is -0.440. The van der Waals surface area contributed by atoms with Crippen molar-refractivity contribution in [2.45, 2.75) is 64.5 Å². The van der Waals surface area contributed by atoms with Gasteiger partial charge in [0.2, 0.25) is 0 Å². The SMILES string of the molecule is COc1c(Cl)cc(CNC23CC4CC(C)(CC(C)(C4)C2)C3)cc1Cl. The Bertz CT molecular complexity index is 633. The van der Waals surface area contributed by atoms with Crippen LogP contribution in [0.5, 0.6) is 5.75 Å². The van der Waals surface area contributed by atoms with E-state index in [0.717, 1.165) is 18.0 Å². The van der Waals surface area contributed by atoms with Crippen LogP contribution < -0.4 is 10.1 Å². The lowest BCUT2D eigenvalue weighted by Gasteiger charge is -2.65. The van der Waals surface area contributed by atoms with Crippen molar-refractivity contribution in [1.29, 1.82) is 0 Å². The van der Waals surface area contributed by atoms with Crippen LogP contribution in [0.25, 0.3) is 0 Å². The molecule has 0 aromatic heterocycles. The molecule has 4 heteroatoms. The first kappa shape index (κ1) is 17.0. The van der Waals surface area contributed by atoms with Crippen molar-refractivity contribution in [3.05, 3.63) is 27.7 Å². The summed E-state index contributed by atoms with van der Waals surface area (Å²) in [4.78, 5) is 0. The predicted octanol–water partition coefficient (Wildman–Crippen LogP) is 5.84. The Morgan fingerprint density at radius 3 is 2.12 bits per heavy atom. The average Bonchev–Trinajstić information content (AvgIpc) is 2.41. The van der Waals surface area contributed by atoms with E-state index in [0.29, 0.717) is 32.2 Å². The molecule has 4 fully saturated rings. The maximum Gasteiger partial charge on any atom is 0.156 e. The molecule has 1 aromatic rings. The van der Waals surface area contributed by atoms with Crippen molar-refractivity contribution in [3.8, 4) is 5.75 Å². The van der Waals surface area contributed by atoms with Crippen molar-refractivity contribution in [1.82, 2.24) is 5.32 Å². The fraction of sp³-hybridized carbons (Fsp3) is 0.700. The summed E-state index contributed by atoms with van der Waals surface area (Å²) in [6.45, 7) is 5.84. The summed E-state index contributed by atoms with van der Waals surface area (Å²) in [7, 11) is 1.60. The molecule has 0 spiro atoms. The monoisotopic (exact) mass is 367 g/mol. The first-order valence-electron chi connectivity index (χ1n) is 9.01. The number of nitrogens with one attached hydrogen (secondary N) is 1. The lowest BCUT2D eigenvalue weighted by Crippen LogP contribution is -2.63. The third-order valence-corrected chi connectivity index (χ3v) is 7.12. The molecule has 0 heterocycles. The van der Waals surface area contributed by atoms with Gasteiger partial charge in [0.05, 0.1) is 17.2 Å². The third kappa shape index (κ3) is 2.85. The minimum Gasteiger partial charge on any atom is -0.494 e. The highest BCUT2D eigenvalue weighted by Crippen LogP contribution is 2.66. The van der Waals surface area contributed by atoms with Crippen molar-refractivity contribution < 1.29 is 4.74 Å². The van der Waals surface area contributed by atoms with Gasteiger partial charge in [-0.3, -0.25) is 0 Å². The maximum atomic E-state index is 6.30. The molecule has 0 amide bonds. The summed E-state index contributed by atoms with van der Waals surface area (Å²) in [6.07, 6.45) is 8.20. The number of halogens is 2. The molecule has 132 valence electrons. The van der Waals surface area contributed by atoms with E-state index < -0.39 is 0 Å². The first-order valence-corrected chi connectivity index (χ1v) is 9.76. The minimum atomic E-state index is 0.293.